The number of ether oxygens (including phenoxy) is 2. The molecule has 0 aliphatic heterocycles. The van der Waals surface area contributed by atoms with Crippen LogP contribution in [0.2, 0.25) is 0 Å². The van der Waals surface area contributed by atoms with Gasteiger partial charge in [-0.15, -0.1) is 13.2 Å². The number of hydrogen-bond acceptors (Lipinski definition) is 5. The molecule has 0 fully saturated rings. The number of anilines is 2. The molecule has 0 aliphatic carbocycles. The second-order valence-electron chi connectivity index (χ2n) is 5.99. The lowest BCUT2D eigenvalue weighted by Crippen LogP contribution is -2.17. The maximum absolute atomic E-state index is 12.4. The van der Waals surface area contributed by atoms with Crippen molar-refractivity contribution in [2.24, 2.45) is 0 Å². The molecule has 6 nitrogen and oxygen atoms in total. The van der Waals surface area contributed by atoms with Crippen LogP contribution in [0.15, 0.2) is 60.7 Å². The summed E-state index contributed by atoms with van der Waals surface area (Å²) < 4.78 is 46.5. The number of halogens is 3. The summed E-state index contributed by atoms with van der Waals surface area (Å²) in [5.41, 5.74) is 7.10. The first-order valence-electron chi connectivity index (χ1n) is 8.38. The lowest BCUT2D eigenvalue weighted by Gasteiger charge is -2.12. The van der Waals surface area contributed by atoms with Crippen molar-refractivity contribution in [3.05, 3.63) is 71.9 Å². The molecule has 0 bridgehead atoms. The van der Waals surface area contributed by atoms with Crippen LogP contribution in [0.5, 0.6) is 17.2 Å². The van der Waals surface area contributed by atoms with Gasteiger partial charge in [0.25, 0.3) is 5.91 Å². The quantitative estimate of drug-likeness (QED) is 0.632. The number of nitrogens with two attached hydrogens (primary N) is 1. The van der Waals surface area contributed by atoms with E-state index in [0.29, 0.717) is 17.1 Å². The third kappa shape index (κ3) is 5.61. The van der Waals surface area contributed by atoms with E-state index in [-0.39, 0.29) is 17.1 Å². The van der Waals surface area contributed by atoms with Crippen molar-refractivity contribution >= 4 is 17.4 Å². The zero-order chi connectivity index (χ0) is 21.0. The molecule has 150 valence electrons. The fraction of sp³-hybridized carbons (Fsp3) is 0.100. The summed E-state index contributed by atoms with van der Waals surface area (Å²) in [6.07, 6.45) is -4.80. The Morgan fingerprint density at radius 2 is 1.66 bits per heavy atom. The first-order valence-corrected chi connectivity index (χ1v) is 8.38. The van der Waals surface area contributed by atoms with Crippen LogP contribution in [0.3, 0.4) is 0 Å². The summed E-state index contributed by atoms with van der Waals surface area (Å²) in [6, 6.07) is 14.7. The van der Waals surface area contributed by atoms with Gasteiger partial charge >= 0.3 is 6.36 Å². The van der Waals surface area contributed by atoms with Crippen LogP contribution in [-0.2, 0) is 0 Å². The van der Waals surface area contributed by atoms with E-state index in [4.69, 9.17) is 10.5 Å². The Morgan fingerprint density at radius 1 is 1.00 bits per heavy atom. The number of carbonyl (C=O) groups excluding carboxylic acids is 1. The highest BCUT2D eigenvalue weighted by atomic mass is 19.4. The van der Waals surface area contributed by atoms with Crippen LogP contribution < -0.4 is 20.5 Å². The highest BCUT2D eigenvalue weighted by molar-refractivity contribution is 6.07. The number of carbonyl (C=O) groups is 1. The molecule has 3 N–H and O–H groups in total. The summed E-state index contributed by atoms with van der Waals surface area (Å²) in [5, 5.41) is 2.67. The first kappa shape index (κ1) is 20.0. The summed E-state index contributed by atoms with van der Waals surface area (Å²) in [4.78, 5) is 16.4. The molecule has 0 atom stereocenters. The Morgan fingerprint density at radius 3 is 2.34 bits per heavy atom. The largest absolute Gasteiger partial charge is 0.573 e. The molecule has 0 aliphatic rings. The van der Waals surface area contributed by atoms with Crippen molar-refractivity contribution in [3.8, 4) is 17.2 Å². The predicted molar refractivity (Wildman–Crippen MR) is 101 cm³/mol. The molecule has 2 aromatic carbocycles. The minimum absolute atomic E-state index is 0.108. The minimum Gasteiger partial charge on any atom is -0.457 e. The van der Waals surface area contributed by atoms with Gasteiger partial charge in [-0.2, -0.15) is 0 Å². The minimum atomic E-state index is -4.80. The van der Waals surface area contributed by atoms with Gasteiger partial charge in [0, 0.05) is 23.5 Å². The Bertz CT molecular complexity index is 1040. The van der Waals surface area contributed by atoms with Crippen LogP contribution in [0, 0.1) is 6.92 Å². The van der Waals surface area contributed by atoms with E-state index in [1.165, 1.54) is 18.2 Å². The van der Waals surface area contributed by atoms with E-state index < -0.39 is 18.0 Å². The Hall–Kier alpha value is -3.75. The summed E-state index contributed by atoms with van der Waals surface area (Å²) in [5.74, 6) is -0.296. The predicted octanol–water partition coefficient (Wildman–Crippen LogP) is 4.92. The molecule has 0 saturated carbocycles. The molecule has 29 heavy (non-hydrogen) atoms. The third-order valence-electron chi connectivity index (χ3n) is 3.68. The lowest BCUT2D eigenvalue weighted by molar-refractivity contribution is -0.274. The zero-order valence-corrected chi connectivity index (χ0v) is 15.2. The molecule has 1 heterocycles. The van der Waals surface area contributed by atoms with Gasteiger partial charge in [0.1, 0.15) is 23.1 Å². The average Bonchev–Trinajstić information content (AvgIpc) is 2.60. The number of pyridine rings is 1. The summed E-state index contributed by atoms with van der Waals surface area (Å²) in [6.45, 7) is 1.76. The van der Waals surface area contributed by atoms with Crippen molar-refractivity contribution < 1.29 is 27.4 Å². The molecule has 0 radical (unpaired) electrons. The molecular formula is C20H16F3N3O3. The van der Waals surface area contributed by atoms with Gasteiger partial charge in [-0.3, -0.25) is 4.79 Å². The number of nitrogens with one attached hydrogen (secondary N) is 1. The fourth-order valence-electron chi connectivity index (χ4n) is 2.48. The third-order valence-corrected chi connectivity index (χ3v) is 3.68. The smallest absolute Gasteiger partial charge is 0.457 e. The number of nitrogen functional groups attached to an aromatic ring is 1. The molecule has 9 heteroatoms. The van der Waals surface area contributed by atoms with Crippen molar-refractivity contribution in [1.29, 1.82) is 0 Å². The molecule has 1 aromatic heterocycles. The highest BCUT2D eigenvalue weighted by Crippen LogP contribution is 2.30. The first-order chi connectivity index (χ1) is 13.7. The van der Waals surface area contributed by atoms with E-state index in [1.807, 2.05) is 0 Å². The zero-order valence-electron chi connectivity index (χ0n) is 15.2. The number of aryl methyl sites for hydroxylation is 1. The van der Waals surface area contributed by atoms with Crippen LogP contribution in [0.25, 0.3) is 0 Å². The molecule has 0 unspecified atom stereocenters. The lowest BCUT2D eigenvalue weighted by atomic mass is 10.2. The van der Waals surface area contributed by atoms with E-state index >= 15 is 0 Å². The number of rotatable bonds is 5. The number of nitrogens with zero attached hydrogens (tertiary/aromatic N) is 1. The summed E-state index contributed by atoms with van der Waals surface area (Å²) >= 11 is 0. The van der Waals surface area contributed by atoms with Crippen molar-refractivity contribution in [1.82, 2.24) is 4.98 Å². The molecule has 3 aromatic rings. The van der Waals surface area contributed by atoms with E-state index in [2.05, 4.69) is 15.0 Å². The monoisotopic (exact) mass is 403 g/mol. The van der Waals surface area contributed by atoms with Gasteiger partial charge in [0.2, 0.25) is 0 Å². The number of benzene rings is 2. The number of alkyl halides is 3. The van der Waals surface area contributed by atoms with Gasteiger partial charge in [0.15, 0.2) is 0 Å². The van der Waals surface area contributed by atoms with Gasteiger partial charge in [0.05, 0.1) is 5.56 Å². The van der Waals surface area contributed by atoms with Gasteiger partial charge in [-0.1, -0.05) is 12.1 Å². The Balaban J connectivity index is 1.73. The molecule has 3 rings (SSSR count). The molecule has 1 amide bonds. The second kappa shape index (κ2) is 8.09. The summed E-state index contributed by atoms with van der Waals surface area (Å²) in [7, 11) is 0. The van der Waals surface area contributed by atoms with Gasteiger partial charge < -0.3 is 20.5 Å². The number of amides is 1. The molecule has 0 saturated heterocycles. The fourth-order valence-corrected chi connectivity index (χ4v) is 2.48. The Kier molecular flexibility index (Phi) is 5.58. The number of hydrogen-bond donors (Lipinski definition) is 2. The van der Waals surface area contributed by atoms with E-state index in [0.717, 1.165) is 12.1 Å². The van der Waals surface area contributed by atoms with Crippen LogP contribution >= 0.6 is 0 Å². The SMILES string of the molecule is Cc1ccc(C(=O)Nc2cccc(Oc3cccc(OC(F)(F)F)c3)c2)c(N)n1. The number of aromatic nitrogens is 1. The average molecular weight is 403 g/mol. The second-order valence-corrected chi connectivity index (χ2v) is 5.99. The van der Waals surface area contributed by atoms with Crippen molar-refractivity contribution in [2.45, 2.75) is 13.3 Å². The van der Waals surface area contributed by atoms with E-state index in [9.17, 15) is 18.0 Å². The Labute approximate surface area is 164 Å². The standard InChI is InChI=1S/C20H16F3N3O3/c1-12-8-9-17(18(24)25-12)19(27)26-13-4-2-5-14(10-13)28-15-6-3-7-16(11-15)29-20(21,22)23/h2-11H,1H3,(H2,24,25)(H,26,27). The normalized spacial score (nSPS) is 11.0. The van der Waals surface area contributed by atoms with Gasteiger partial charge in [-0.25, -0.2) is 4.98 Å². The molecule has 0 spiro atoms. The van der Waals surface area contributed by atoms with Crippen LogP contribution in [0.1, 0.15) is 16.1 Å². The maximum atomic E-state index is 12.4. The van der Waals surface area contributed by atoms with Crippen molar-refractivity contribution in [2.75, 3.05) is 11.1 Å². The maximum Gasteiger partial charge on any atom is 0.573 e. The topological polar surface area (TPSA) is 86.5 Å². The van der Waals surface area contributed by atoms with Gasteiger partial charge in [-0.05, 0) is 43.3 Å². The van der Waals surface area contributed by atoms with Crippen molar-refractivity contribution in [3.63, 3.8) is 0 Å². The van der Waals surface area contributed by atoms with Crippen LogP contribution in [0.4, 0.5) is 24.7 Å². The van der Waals surface area contributed by atoms with Crippen LogP contribution in [-0.4, -0.2) is 17.3 Å². The van der Waals surface area contributed by atoms with E-state index in [1.54, 1.807) is 37.3 Å². The highest BCUT2D eigenvalue weighted by Gasteiger charge is 2.31. The molecular weight excluding hydrogens is 387 g/mol.